The molecule has 0 bridgehead atoms. The molecule has 142 valence electrons. The van der Waals surface area contributed by atoms with E-state index in [4.69, 9.17) is 4.84 Å². The summed E-state index contributed by atoms with van der Waals surface area (Å²) >= 11 is 0. The summed E-state index contributed by atoms with van der Waals surface area (Å²) in [4.78, 5) is 48.9. The summed E-state index contributed by atoms with van der Waals surface area (Å²) in [5.41, 5.74) is -0.252. The predicted molar refractivity (Wildman–Crippen MR) is 82.9 cm³/mol. The van der Waals surface area contributed by atoms with Crippen LogP contribution in [0, 0.1) is 6.92 Å². The van der Waals surface area contributed by atoms with Crippen molar-refractivity contribution in [2.45, 2.75) is 13.1 Å². The lowest BCUT2D eigenvalue weighted by Gasteiger charge is -2.13. The Kier molecular flexibility index (Phi) is 3.66. The van der Waals surface area contributed by atoms with Crippen molar-refractivity contribution in [3.63, 3.8) is 0 Å². The highest BCUT2D eigenvalue weighted by atomic mass is 19.4. The first kappa shape index (κ1) is 17.6. The number of alkyl halides is 3. The van der Waals surface area contributed by atoms with Crippen molar-refractivity contribution in [2.75, 3.05) is 0 Å². The number of halogens is 3. The minimum absolute atomic E-state index is 0.0384. The summed E-state index contributed by atoms with van der Waals surface area (Å²) in [6, 6.07) is 6.91. The number of hydroxylamine groups is 2. The minimum atomic E-state index is -4.86. The molecule has 9 nitrogen and oxygen atoms in total. The van der Waals surface area contributed by atoms with Crippen LogP contribution in [0.2, 0.25) is 0 Å². The van der Waals surface area contributed by atoms with E-state index in [1.165, 1.54) is 31.2 Å². The van der Waals surface area contributed by atoms with Gasteiger partial charge >= 0.3 is 12.1 Å². The van der Waals surface area contributed by atoms with Crippen LogP contribution in [0.25, 0.3) is 5.78 Å². The number of aryl methyl sites for hydroxylation is 1. The smallest absolute Gasteiger partial charge is 0.323 e. The molecule has 0 saturated carbocycles. The molecule has 0 fully saturated rings. The summed E-state index contributed by atoms with van der Waals surface area (Å²) in [5, 5.41) is 3.47. The SMILES string of the molecule is Cc1cc(C(=O)ON2C(=O)c3ccccc3C2=O)n2nc(C(F)(F)F)nc2n1. The molecule has 0 aliphatic carbocycles. The number of carbonyl (C=O) groups is 3. The van der Waals surface area contributed by atoms with Crippen LogP contribution in [-0.4, -0.2) is 42.4 Å². The number of benzene rings is 1. The maximum atomic E-state index is 12.9. The van der Waals surface area contributed by atoms with Crippen molar-refractivity contribution in [1.29, 1.82) is 0 Å². The first-order chi connectivity index (χ1) is 13.2. The lowest BCUT2D eigenvalue weighted by molar-refractivity contribution is -0.144. The molecule has 3 aromatic rings. The fourth-order valence-corrected chi connectivity index (χ4v) is 2.63. The largest absolute Gasteiger partial charge is 0.453 e. The Balaban J connectivity index is 1.71. The van der Waals surface area contributed by atoms with Gasteiger partial charge in [0.1, 0.15) is 0 Å². The predicted octanol–water partition coefficient (Wildman–Crippen LogP) is 1.82. The Hall–Kier alpha value is -3.83. The number of amides is 2. The lowest BCUT2D eigenvalue weighted by atomic mass is 10.1. The molecule has 3 heterocycles. The van der Waals surface area contributed by atoms with Gasteiger partial charge in [-0.3, -0.25) is 9.59 Å². The molecule has 2 aromatic heterocycles. The molecule has 0 radical (unpaired) electrons. The third-order valence-electron chi connectivity index (χ3n) is 3.83. The summed E-state index contributed by atoms with van der Waals surface area (Å²) in [7, 11) is 0. The third-order valence-corrected chi connectivity index (χ3v) is 3.83. The molecule has 2 amide bonds. The van der Waals surface area contributed by atoms with Crippen molar-refractivity contribution in [1.82, 2.24) is 24.6 Å². The summed E-state index contributed by atoms with van der Waals surface area (Å²) in [5.74, 6) is -5.00. The van der Waals surface area contributed by atoms with Crippen LogP contribution < -0.4 is 0 Å². The monoisotopic (exact) mass is 391 g/mol. The quantitative estimate of drug-likeness (QED) is 0.614. The standard InChI is InChI=1S/C16H8F3N5O4/c1-7-6-10(23-15(20-7)21-14(22-23)16(17,18)19)13(27)28-24-11(25)8-4-2-3-5-9(8)12(24)26/h2-6H,1H3. The molecule has 0 spiro atoms. The molecule has 0 atom stereocenters. The van der Waals surface area contributed by atoms with Crippen molar-refractivity contribution >= 4 is 23.6 Å². The summed E-state index contributed by atoms with van der Waals surface area (Å²) in [6.45, 7) is 1.42. The van der Waals surface area contributed by atoms with Crippen LogP contribution in [0.3, 0.4) is 0 Å². The molecule has 4 rings (SSSR count). The van der Waals surface area contributed by atoms with Gasteiger partial charge in [-0.05, 0) is 25.1 Å². The zero-order valence-electron chi connectivity index (χ0n) is 13.9. The highest BCUT2D eigenvalue weighted by Gasteiger charge is 2.40. The molecule has 0 N–H and O–H groups in total. The van der Waals surface area contributed by atoms with Gasteiger partial charge < -0.3 is 4.84 Å². The number of carbonyl (C=O) groups excluding carboxylic acids is 3. The number of rotatable bonds is 2. The average molecular weight is 391 g/mol. The minimum Gasteiger partial charge on any atom is -0.323 e. The molecule has 12 heteroatoms. The second kappa shape index (κ2) is 5.84. The maximum absolute atomic E-state index is 12.9. The highest BCUT2D eigenvalue weighted by molar-refractivity contribution is 6.21. The van der Waals surface area contributed by atoms with E-state index in [-0.39, 0.29) is 21.9 Å². The third kappa shape index (κ3) is 2.66. The molecule has 28 heavy (non-hydrogen) atoms. The zero-order chi connectivity index (χ0) is 20.2. The Morgan fingerprint density at radius 3 is 2.25 bits per heavy atom. The molecular formula is C16H8F3N5O4. The van der Waals surface area contributed by atoms with Gasteiger partial charge in [0.25, 0.3) is 23.4 Å². The first-order valence-electron chi connectivity index (χ1n) is 7.68. The van der Waals surface area contributed by atoms with Crippen molar-refractivity contribution in [3.05, 3.63) is 58.7 Å². The van der Waals surface area contributed by atoms with Crippen LogP contribution >= 0.6 is 0 Å². The van der Waals surface area contributed by atoms with Crippen LogP contribution in [0.4, 0.5) is 13.2 Å². The maximum Gasteiger partial charge on any atom is 0.453 e. The van der Waals surface area contributed by atoms with Gasteiger partial charge in [0.2, 0.25) is 0 Å². The van der Waals surface area contributed by atoms with E-state index in [1.807, 2.05) is 0 Å². The number of nitrogens with zero attached hydrogens (tertiary/aromatic N) is 5. The van der Waals surface area contributed by atoms with Gasteiger partial charge in [-0.1, -0.05) is 17.2 Å². The highest BCUT2D eigenvalue weighted by Crippen LogP contribution is 2.27. The van der Waals surface area contributed by atoms with E-state index in [2.05, 4.69) is 15.1 Å². The Bertz CT molecular complexity index is 1140. The molecule has 0 unspecified atom stereocenters. The number of hydrogen-bond donors (Lipinski definition) is 0. The second-order valence-corrected chi connectivity index (χ2v) is 5.76. The zero-order valence-corrected chi connectivity index (χ0v) is 13.9. The van der Waals surface area contributed by atoms with Crippen LogP contribution in [0.5, 0.6) is 0 Å². The lowest BCUT2D eigenvalue weighted by Crippen LogP contribution is -2.33. The van der Waals surface area contributed by atoms with Gasteiger partial charge in [0, 0.05) is 5.69 Å². The van der Waals surface area contributed by atoms with Gasteiger partial charge in [0.05, 0.1) is 11.1 Å². The van der Waals surface area contributed by atoms with E-state index in [0.717, 1.165) is 6.07 Å². The van der Waals surface area contributed by atoms with Crippen LogP contribution in [0.1, 0.15) is 42.7 Å². The van der Waals surface area contributed by atoms with Gasteiger partial charge in [-0.25, -0.2) is 9.78 Å². The summed E-state index contributed by atoms with van der Waals surface area (Å²) < 4.78 is 39.1. The van der Waals surface area contributed by atoms with E-state index in [1.54, 1.807) is 0 Å². The van der Waals surface area contributed by atoms with Crippen LogP contribution in [-0.2, 0) is 11.0 Å². The molecule has 1 aliphatic rings. The number of fused-ring (bicyclic) bond motifs is 2. The fraction of sp³-hybridized carbons (Fsp3) is 0.125. The van der Waals surface area contributed by atoms with Gasteiger partial charge in [0.15, 0.2) is 5.69 Å². The normalized spacial score (nSPS) is 13.9. The number of aromatic nitrogens is 4. The van der Waals surface area contributed by atoms with Gasteiger partial charge in [-0.2, -0.15) is 22.7 Å². The van der Waals surface area contributed by atoms with E-state index in [0.29, 0.717) is 4.52 Å². The number of hydrogen-bond acceptors (Lipinski definition) is 7. The Morgan fingerprint density at radius 1 is 1.07 bits per heavy atom. The Morgan fingerprint density at radius 2 is 1.68 bits per heavy atom. The van der Waals surface area contributed by atoms with Crippen LogP contribution in [0.15, 0.2) is 30.3 Å². The van der Waals surface area contributed by atoms with Crippen molar-refractivity contribution in [2.24, 2.45) is 0 Å². The van der Waals surface area contributed by atoms with Crippen molar-refractivity contribution < 1.29 is 32.4 Å². The fourth-order valence-electron chi connectivity index (χ4n) is 2.63. The number of imide groups is 1. The van der Waals surface area contributed by atoms with E-state index < -0.39 is 41.3 Å². The van der Waals surface area contributed by atoms with Crippen molar-refractivity contribution in [3.8, 4) is 0 Å². The molecular weight excluding hydrogens is 383 g/mol. The van der Waals surface area contributed by atoms with Gasteiger partial charge in [-0.15, -0.1) is 5.10 Å². The summed E-state index contributed by atoms with van der Waals surface area (Å²) in [6.07, 6.45) is -4.86. The van der Waals surface area contributed by atoms with E-state index in [9.17, 15) is 27.6 Å². The second-order valence-electron chi connectivity index (χ2n) is 5.76. The molecule has 1 aromatic carbocycles. The average Bonchev–Trinajstić information content (AvgIpc) is 3.17. The molecule has 1 aliphatic heterocycles. The Labute approximate surface area is 153 Å². The first-order valence-corrected chi connectivity index (χ1v) is 7.68. The van der Waals surface area contributed by atoms with E-state index >= 15 is 0 Å². The topological polar surface area (TPSA) is 107 Å². The molecule has 0 saturated heterocycles.